The topological polar surface area (TPSA) is 46.3 Å². The Labute approximate surface area is 208 Å². The molecular weight excluding hydrogens is 428 g/mol. The second-order valence-corrected chi connectivity index (χ2v) is 8.87. The van der Waals surface area contributed by atoms with Crippen LogP contribution in [-0.4, -0.2) is 16.7 Å². The van der Waals surface area contributed by atoms with Gasteiger partial charge in [-0.05, 0) is 28.7 Å². The number of hydrogen-bond donors (Lipinski definition) is 1. The standard InChI is InChI=1S/C32H32N2O/c33-30(21-26-13-5-1-6-14-26)23-32(35)31(22-27-15-7-2-8-16-27)34(24-28-17-9-3-10-18-28)25-29-19-11-4-12-20-29/h1-20,23,31H,21-22,24-25,33H2. The molecule has 0 amide bonds. The molecule has 4 aromatic carbocycles. The monoisotopic (exact) mass is 460 g/mol. The fraction of sp³-hybridized carbons (Fsp3) is 0.156. The first-order valence-corrected chi connectivity index (χ1v) is 12.1. The van der Waals surface area contributed by atoms with Crippen molar-refractivity contribution in [3.63, 3.8) is 0 Å². The minimum absolute atomic E-state index is 0.0362. The van der Waals surface area contributed by atoms with Crippen molar-refractivity contribution in [3.05, 3.63) is 155 Å². The third-order valence-corrected chi connectivity index (χ3v) is 6.08. The molecule has 0 saturated carbocycles. The summed E-state index contributed by atoms with van der Waals surface area (Å²) in [5, 5.41) is 0. The van der Waals surface area contributed by atoms with Gasteiger partial charge in [-0.2, -0.15) is 0 Å². The number of nitrogens with two attached hydrogens (primary N) is 1. The van der Waals surface area contributed by atoms with Crippen molar-refractivity contribution in [2.75, 3.05) is 0 Å². The van der Waals surface area contributed by atoms with Crippen molar-refractivity contribution in [3.8, 4) is 0 Å². The predicted octanol–water partition coefficient (Wildman–Crippen LogP) is 5.95. The fourth-order valence-electron chi connectivity index (χ4n) is 4.32. The average Bonchev–Trinajstić information content (AvgIpc) is 2.89. The molecule has 1 unspecified atom stereocenters. The number of benzene rings is 4. The van der Waals surface area contributed by atoms with E-state index >= 15 is 0 Å². The molecule has 0 saturated heterocycles. The van der Waals surface area contributed by atoms with Crippen LogP contribution in [0.1, 0.15) is 22.3 Å². The van der Waals surface area contributed by atoms with Gasteiger partial charge in [0.15, 0.2) is 5.78 Å². The lowest BCUT2D eigenvalue weighted by atomic mass is 9.97. The first-order valence-electron chi connectivity index (χ1n) is 12.1. The van der Waals surface area contributed by atoms with Gasteiger partial charge in [0, 0.05) is 31.3 Å². The zero-order valence-electron chi connectivity index (χ0n) is 20.0. The summed E-state index contributed by atoms with van der Waals surface area (Å²) in [7, 11) is 0. The number of allylic oxidation sites excluding steroid dienone is 1. The number of rotatable bonds is 11. The summed E-state index contributed by atoms with van der Waals surface area (Å²) in [6, 6.07) is 40.6. The normalized spacial score (nSPS) is 12.4. The summed E-state index contributed by atoms with van der Waals surface area (Å²) >= 11 is 0. The summed E-state index contributed by atoms with van der Waals surface area (Å²) in [5.74, 6) is 0.0362. The third kappa shape index (κ3) is 7.53. The zero-order valence-corrected chi connectivity index (χ0v) is 20.0. The van der Waals surface area contributed by atoms with E-state index in [4.69, 9.17) is 5.73 Å². The van der Waals surface area contributed by atoms with Crippen LogP contribution in [-0.2, 0) is 30.7 Å². The molecule has 4 aromatic rings. The Morgan fingerprint density at radius 2 is 1.03 bits per heavy atom. The SMILES string of the molecule is NC(=CC(=O)C(Cc1ccccc1)N(Cc1ccccc1)Cc1ccccc1)Cc1ccccc1. The molecule has 0 aromatic heterocycles. The van der Waals surface area contributed by atoms with Crippen LogP contribution >= 0.6 is 0 Å². The summed E-state index contributed by atoms with van der Waals surface area (Å²) in [5.41, 5.74) is 11.5. The van der Waals surface area contributed by atoms with E-state index in [0.717, 1.165) is 11.1 Å². The van der Waals surface area contributed by atoms with Gasteiger partial charge in [0.1, 0.15) is 0 Å². The van der Waals surface area contributed by atoms with Crippen molar-refractivity contribution in [2.24, 2.45) is 5.73 Å². The van der Waals surface area contributed by atoms with Gasteiger partial charge in [0.05, 0.1) is 6.04 Å². The highest BCUT2D eigenvalue weighted by atomic mass is 16.1. The molecule has 3 nitrogen and oxygen atoms in total. The van der Waals surface area contributed by atoms with Gasteiger partial charge >= 0.3 is 0 Å². The molecule has 3 heteroatoms. The first kappa shape index (κ1) is 24.2. The maximum atomic E-state index is 13.8. The van der Waals surface area contributed by atoms with Gasteiger partial charge in [-0.1, -0.05) is 121 Å². The van der Waals surface area contributed by atoms with E-state index < -0.39 is 0 Å². The van der Waals surface area contributed by atoms with Crippen LogP contribution in [0.3, 0.4) is 0 Å². The van der Waals surface area contributed by atoms with Gasteiger partial charge in [0.2, 0.25) is 0 Å². The summed E-state index contributed by atoms with van der Waals surface area (Å²) in [6.07, 6.45) is 2.82. The van der Waals surface area contributed by atoms with Crippen molar-refractivity contribution in [1.82, 2.24) is 4.90 Å². The van der Waals surface area contributed by atoms with E-state index in [9.17, 15) is 4.79 Å². The van der Waals surface area contributed by atoms with E-state index in [1.54, 1.807) is 6.08 Å². The van der Waals surface area contributed by atoms with Crippen molar-refractivity contribution >= 4 is 5.78 Å². The van der Waals surface area contributed by atoms with Crippen LogP contribution < -0.4 is 5.73 Å². The van der Waals surface area contributed by atoms with Crippen LogP contribution in [0.25, 0.3) is 0 Å². The number of carbonyl (C=O) groups is 1. The maximum absolute atomic E-state index is 13.8. The third-order valence-electron chi connectivity index (χ3n) is 6.08. The van der Waals surface area contributed by atoms with Gasteiger partial charge in [0.25, 0.3) is 0 Å². The molecule has 2 N–H and O–H groups in total. The number of nitrogens with zero attached hydrogens (tertiary/aromatic N) is 1. The Hall–Kier alpha value is -3.95. The molecule has 4 rings (SSSR count). The van der Waals surface area contributed by atoms with Crippen LogP contribution in [0.5, 0.6) is 0 Å². The Kier molecular flexibility index (Phi) is 8.63. The highest BCUT2D eigenvalue weighted by Gasteiger charge is 2.26. The van der Waals surface area contributed by atoms with Crippen LogP contribution in [0, 0.1) is 0 Å². The van der Waals surface area contributed by atoms with E-state index in [-0.39, 0.29) is 11.8 Å². The molecule has 35 heavy (non-hydrogen) atoms. The molecule has 0 radical (unpaired) electrons. The fourth-order valence-corrected chi connectivity index (χ4v) is 4.32. The Balaban J connectivity index is 1.65. The summed E-state index contributed by atoms with van der Waals surface area (Å²) < 4.78 is 0. The second kappa shape index (κ2) is 12.5. The lowest BCUT2D eigenvalue weighted by Gasteiger charge is -2.31. The summed E-state index contributed by atoms with van der Waals surface area (Å²) in [6.45, 7) is 1.34. The minimum atomic E-state index is -0.341. The van der Waals surface area contributed by atoms with Gasteiger partial charge in [-0.3, -0.25) is 9.69 Å². The molecule has 176 valence electrons. The molecule has 0 aliphatic carbocycles. The molecule has 0 aliphatic heterocycles. The molecular formula is C32H32N2O. The van der Waals surface area contributed by atoms with Crippen LogP contribution in [0.15, 0.2) is 133 Å². The van der Waals surface area contributed by atoms with Crippen molar-refractivity contribution in [2.45, 2.75) is 32.0 Å². The van der Waals surface area contributed by atoms with E-state index in [1.807, 2.05) is 84.9 Å². The molecule has 0 bridgehead atoms. The molecule has 0 fully saturated rings. The molecule has 1 atom stereocenters. The molecule has 0 heterocycles. The van der Waals surface area contributed by atoms with Crippen LogP contribution in [0.2, 0.25) is 0 Å². The molecule has 0 aliphatic rings. The Bertz CT molecular complexity index is 1160. The molecule has 0 spiro atoms. The Morgan fingerprint density at radius 3 is 1.49 bits per heavy atom. The van der Waals surface area contributed by atoms with Crippen molar-refractivity contribution < 1.29 is 4.79 Å². The van der Waals surface area contributed by atoms with E-state index in [2.05, 4.69) is 41.3 Å². The van der Waals surface area contributed by atoms with Crippen molar-refractivity contribution in [1.29, 1.82) is 0 Å². The van der Waals surface area contributed by atoms with E-state index in [1.165, 1.54) is 11.1 Å². The lowest BCUT2D eigenvalue weighted by molar-refractivity contribution is -0.120. The highest BCUT2D eigenvalue weighted by Crippen LogP contribution is 2.19. The van der Waals surface area contributed by atoms with Gasteiger partial charge < -0.3 is 5.73 Å². The van der Waals surface area contributed by atoms with Gasteiger partial charge in [-0.25, -0.2) is 0 Å². The number of carbonyl (C=O) groups excluding carboxylic acids is 1. The van der Waals surface area contributed by atoms with Crippen LogP contribution in [0.4, 0.5) is 0 Å². The predicted molar refractivity (Wildman–Crippen MR) is 143 cm³/mol. The summed E-state index contributed by atoms with van der Waals surface area (Å²) in [4.78, 5) is 16.0. The number of ketones is 1. The second-order valence-electron chi connectivity index (χ2n) is 8.87. The quantitative estimate of drug-likeness (QED) is 0.281. The number of hydrogen-bond acceptors (Lipinski definition) is 3. The zero-order chi connectivity index (χ0) is 24.3. The largest absolute Gasteiger partial charge is 0.402 e. The first-order chi connectivity index (χ1) is 17.2. The smallest absolute Gasteiger partial charge is 0.174 e. The lowest BCUT2D eigenvalue weighted by Crippen LogP contribution is -2.41. The highest BCUT2D eigenvalue weighted by molar-refractivity contribution is 5.95. The maximum Gasteiger partial charge on any atom is 0.174 e. The average molecular weight is 461 g/mol. The Morgan fingerprint density at radius 1 is 0.629 bits per heavy atom. The van der Waals surface area contributed by atoms with Gasteiger partial charge in [-0.15, -0.1) is 0 Å². The van der Waals surface area contributed by atoms with E-state index in [0.29, 0.717) is 31.6 Å². The minimum Gasteiger partial charge on any atom is -0.402 e.